The zero-order chi connectivity index (χ0) is 21.3. The van der Waals surface area contributed by atoms with E-state index in [-0.39, 0.29) is 5.82 Å². The lowest BCUT2D eigenvalue weighted by atomic mass is 10.1. The second kappa shape index (κ2) is 11.5. The fourth-order valence-electron chi connectivity index (χ4n) is 3.79. The highest BCUT2D eigenvalue weighted by atomic mass is 32.2. The van der Waals surface area contributed by atoms with Crippen molar-refractivity contribution in [2.24, 2.45) is 0 Å². The smallest absolute Gasteiger partial charge is 0.189 e. The molecule has 1 aliphatic heterocycles. The fraction of sp³-hybridized carbons (Fsp3) is 0.565. The first-order valence-corrected chi connectivity index (χ1v) is 12.2. The van der Waals surface area contributed by atoms with Crippen LogP contribution in [0.4, 0.5) is 15.9 Å². The number of piperazine rings is 1. The molecule has 1 fully saturated rings. The minimum Gasteiger partial charge on any atom is -0.368 e. The van der Waals surface area contributed by atoms with Gasteiger partial charge >= 0.3 is 0 Å². The van der Waals surface area contributed by atoms with Gasteiger partial charge in [0.1, 0.15) is 11.6 Å². The minimum atomic E-state index is -0.191. The van der Waals surface area contributed by atoms with Gasteiger partial charge in [0.05, 0.1) is 0 Å². The zero-order valence-corrected chi connectivity index (χ0v) is 19.2. The molecule has 1 aliphatic rings. The summed E-state index contributed by atoms with van der Waals surface area (Å²) in [6.07, 6.45) is 9.01. The Bertz CT molecular complexity index is 778. The highest BCUT2D eigenvalue weighted by Gasteiger charge is 2.21. The Kier molecular flexibility index (Phi) is 8.75. The summed E-state index contributed by atoms with van der Waals surface area (Å²) < 4.78 is 13.2. The van der Waals surface area contributed by atoms with Crippen LogP contribution in [0.5, 0.6) is 0 Å². The van der Waals surface area contributed by atoms with Gasteiger partial charge in [-0.1, -0.05) is 37.9 Å². The quantitative estimate of drug-likeness (QED) is 0.334. The zero-order valence-electron chi connectivity index (χ0n) is 18.4. The molecule has 1 saturated heterocycles. The molecule has 0 saturated carbocycles. The number of hydrogen-bond donors (Lipinski definition) is 1. The Morgan fingerprint density at radius 3 is 2.47 bits per heavy atom. The third kappa shape index (κ3) is 6.32. The van der Waals surface area contributed by atoms with Gasteiger partial charge in [0.25, 0.3) is 0 Å². The van der Waals surface area contributed by atoms with Gasteiger partial charge in [-0.25, -0.2) is 14.4 Å². The molecule has 1 aromatic carbocycles. The maximum Gasteiger partial charge on any atom is 0.189 e. The van der Waals surface area contributed by atoms with Crippen LogP contribution in [0.25, 0.3) is 0 Å². The van der Waals surface area contributed by atoms with E-state index in [0.717, 1.165) is 54.9 Å². The third-order valence-electron chi connectivity index (χ3n) is 5.65. The van der Waals surface area contributed by atoms with E-state index in [2.05, 4.69) is 33.9 Å². The molecule has 1 N–H and O–H groups in total. The standard InChI is InChI=1S/C23H34FN5S/c1-4-5-6-7-18(2)25-16-19-17-26-23(30-3)27-22(19)29-14-12-28(13-15-29)21-10-8-20(24)9-11-21/h8-11,17-18,25H,4-7,12-16H2,1-3H3/t18-/m1/s1. The van der Waals surface area contributed by atoms with Gasteiger partial charge in [0.2, 0.25) is 0 Å². The molecule has 2 heterocycles. The van der Waals surface area contributed by atoms with Gasteiger partial charge in [-0.3, -0.25) is 0 Å². The minimum absolute atomic E-state index is 0.191. The average molecular weight is 432 g/mol. The lowest BCUT2D eigenvalue weighted by Gasteiger charge is -2.37. The van der Waals surface area contributed by atoms with E-state index in [1.165, 1.54) is 37.8 Å². The van der Waals surface area contributed by atoms with Crippen LogP contribution in [0.1, 0.15) is 45.1 Å². The van der Waals surface area contributed by atoms with Crippen molar-refractivity contribution < 1.29 is 4.39 Å². The highest BCUT2D eigenvalue weighted by molar-refractivity contribution is 7.98. The SMILES string of the molecule is CCCCC[C@@H](C)NCc1cnc(SC)nc1N1CCN(c2ccc(F)cc2)CC1. The predicted octanol–water partition coefficient (Wildman–Crippen LogP) is 4.72. The monoisotopic (exact) mass is 431 g/mol. The first kappa shape index (κ1) is 22.8. The van der Waals surface area contributed by atoms with Gasteiger partial charge in [-0.2, -0.15) is 0 Å². The molecular formula is C23H34FN5S. The number of anilines is 2. The summed E-state index contributed by atoms with van der Waals surface area (Å²) in [5.74, 6) is 0.852. The number of benzene rings is 1. The molecule has 0 unspecified atom stereocenters. The van der Waals surface area contributed by atoms with Crippen LogP contribution in [0.15, 0.2) is 35.6 Å². The first-order valence-electron chi connectivity index (χ1n) is 11.0. The Morgan fingerprint density at radius 1 is 1.10 bits per heavy atom. The molecule has 5 nitrogen and oxygen atoms in total. The average Bonchev–Trinajstić information content (AvgIpc) is 2.78. The largest absolute Gasteiger partial charge is 0.368 e. The molecular weight excluding hydrogens is 397 g/mol. The van der Waals surface area contributed by atoms with E-state index in [1.807, 2.05) is 24.6 Å². The van der Waals surface area contributed by atoms with Crippen molar-refractivity contribution in [3.8, 4) is 0 Å². The first-order chi connectivity index (χ1) is 14.6. The van der Waals surface area contributed by atoms with Gasteiger partial charge in [-0.15, -0.1) is 0 Å². The number of rotatable bonds is 10. The summed E-state index contributed by atoms with van der Waals surface area (Å²) in [5.41, 5.74) is 2.23. The van der Waals surface area contributed by atoms with Crippen molar-refractivity contribution in [3.63, 3.8) is 0 Å². The van der Waals surface area contributed by atoms with E-state index >= 15 is 0 Å². The summed E-state index contributed by atoms with van der Waals surface area (Å²) in [4.78, 5) is 14.0. The van der Waals surface area contributed by atoms with Gasteiger partial charge in [-0.05, 0) is 43.9 Å². The van der Waals surface area contributed by atoms with Gasteiger partial charge < -0.3 is 15.1 Å². The van der Waals surface area contributed by atoms with Crippen molar-refractivity contribution in [2.45, 2.75) is 57.3 Å². The molecule has 0 aliphatic carbocycles. The van der Waals surface area contributed by atoms with E-state index in [4.69, 9.17) is 4.98 Å². The molecule has 0 amide bonds. The summed E-state index contributed by atoms with van der Waals surface area (Å²) in [5, 5.41) is 4.47. The predicted molar refractivity (Wildman–Crippen MR) is 125 cm³/mol. The second-order valence-corrected chi connectivity index (χ2v) is 8.71. The maximum atomic E-state index is 13.2. The Hall–Kier alpha value is -1.86. The lowest BCUT2D eigenvalue weighted by Crippen LogP contribution is -2.47. The summed E-state index contributed by atoms with van der Waals surface area (Å²) in [6, 6.07) is 7.26. The number of hydrogen-bond acceptors (Lipinski definition) is 6. The molecule has 0 spiro atoms. The number of thioether (sulfide) groups is 1. The van der Waals surface area contributed by atoms with E-state index < -0.39 is 0 Å². The fourth-order valence-corrected chi connectivity index (χ4v) is 4.13. The maximum absolute atomic E-state index is 13.2. The van der Waals surface area contributed by atoms with E-state index in [9.17, 15) is 4.39 Å². The van der Waals surface area contributed by atoms with E-state index in [1.54, 1.807) is 11.8 Å². The molecule has 0 bridgehead atoms. The molecule has 2 aromatic rings. The molecule has 164 valence electrons. The van der Waals surface area contributed by atoms with Crippen LogP contribution in [-0.4, -0.2) is 48.4 Å². The van der Waals surface area contributed by atoms with Crippen molar-refractivity contribution in [1.82, 2.24) is 15.3 Å². The Morgan fingerprint density at radius 2 is 1.80 bits per heavy atom. The number of nitrogens with zero attached hydrogens (tertiary/aromatic N) is 4. The van der Waals surface area contributed by atoms with Crippen molar-refractivity contribution in [1.29, 1.82) is 0 Å². The molecule has 7 heteroatoms. The number of unbranched alkanes of at least 4 members (excludes halogenated alkanes) is 2. The molecule has 30 heavy (non-hydrogen) atoms. The number of aromatic nitrogens is 2. The molecule has 0 radical (unpaired) electrons. The Labute approximate surface area is 184 Å². The van der Waals surface area contributed by atoms with Crippen LogP contribution >= 0.6 is 11.8 Å². The van der Waals surface area contributed by atoms with Gasteiger partial charge in [0, 0.05) is 56.2 Å². The van der Waals surface area contributed by atoms with Crippen LogP contribution in [0, 0.1) is 5.82 Å². The molecule has 1 atom stereocenters. The number of nitrogens with one attached hydrogen (secondary N) is 1. The van der Waals surface area contributed by atoms with Crippen molar-refractivity contribution in [2.75, 3.05) is 42.2 Å². The summed E-state index contributed by atoms with van der Waals surface area (Å²) in [6.45, 7) is 8.85. The van der Waals surface area contributed by atoms with E-state index in [0.29, 0.717) is 6.04 Å². The van der Waals surface area contributed by atoms with Crippen LogP contribution < -0.4 is 15.1 Å². The lowest BCUT2D eigenvalue weighted by molar-refractivity contribution is 0.485. The topological polar surface area (TPSA) is 44.3 Å². The summed E-state index contributed by atoms with van der Waals surface area (Å²) in [7, 11) is 0. The van der Waals surface area contributed by atoms with Gasteiger partial charge in [0.15, 0.2) is 5.16 Å². The number of halogens is 1. The second-order valence-electron chi connectivity index (χ2n) is 7.93. The molecule has 3 rings (SSSR count). The van der Waals surface area contributed by atoms with Crippen LogP contribution in [-0.2, 0) is 6.54 Å². The third-order valence-corrected chi connectivity index (χ3v) is 6.22. The highest BCUT2D eigenvalue weighted by Crippen LogP contribution is 2.24. The normalized spacial score (nSPS) is 15.5. The Balaban J connectivity index is 1.63. The van der Waals surface area contributed by atoms with Crippen molar-refractivity contribution in [3.05, 3.63) is 41.8 Å². The summed E-state index contributed by atoms with van der Waals surface area (Å²) >= 11 is 1.58. The molecule has 1 aromatic heterocycles. The van der Waals surface area contributed by atoms with Crippen molar-refractivity contribution >= 4 is 23.3 Å². The van der Waals surface area contributed by atoms with Crippen LogP contribution in [0.2, 0.25) is 0 Å². The van der Waals surface area contributed by atoms with Crippen LogP contribution in [0.3, 0.4) is 0 Å².